The van der Waals surface area contributed by atoms with Gasteiger partial charge in [0, 0.05) is 6.54 Å². The number of nitriles is 1. The van der Waals surface area contributed by atoms with Crippen LogP contribution in [0.5, 0.6) is 0 Å². The van der Waals surface area contributed by atoms with Gasteiger partial charge in [0.25, 0.3) is 8.53 Å². The van der Waals surface area contributed by atoms with Gasteiger partial charge in [0.2, 0.25) is 0 Å². The molecule has 11 nitrogen and oxygen atoms in total. The minimum Gasteiger partial charge on any atom is -0.354 e. The summed E-state index contributed by atoms with van der Waals surface area (Å²) in [6, 6.07) is 12.8. The fourth-order valence-corrected chi connectivity index (χ4v) is 8.16. The quantitative estimate of drug-likeness (QED) is 0.194. The van der Waals surface area contributed by atoms with E-state index in [-0.39, 0.29) is 18.9 Å². The fourth-order valence-electron chi connectivity index (χ4n) is 6.01. The van der Waals surface area contributed by atoms with E-state index in [0.717, 1.165) is 42.6 Å². The lowest BCUT2D eigenvalue weighted by Crippen LogP contribution is -2.37. The van der Waals surface area contributed by atoms with Crippen LogP contribution in [0.1, 0.15) is 57.0 Å². The summed E-state index contributed by atoms with van der Waals surface area (Å²) < 4.78 is 36.6. The second-order valence-electron chi connectivity index (χ2n) is 10.5. The lowest BCUT2D eigenvalue weighted by molar-refractivity contribution is -0.135. The number of imidazole rings is 1. The second kappa shape index (κ2) is 11.7. The maximum Gasteiger partial charge on any atom is 0.260 e. The van der Waals surface area contributed by atoms with Crippen molar-refractivity contribution in [3.8, 4) is 6.07 Å². The van der Waals surface area contributed by atoms with Gasteiger partial charge in [0.1, 0.15) is 36.4 Å². The van der Waals surface area contributed by atoms with Crippen molar-refractivity contribution < 1.29 is 23.3 Å². The first-order valence-corrected chi connectivity index (χ1v) is 15.0. The highest BCUT2D eigenvalue weighted by Gasteiger charge is 2.57. The van der Waals surface area contributed by atoms with E-state index in [1.54, 1.807) is 6.33 Å². The Labute approximate surface area is 235 Å². The van der Waals surface area contributed by atoms with Gasteiger partial charge in [-0.15, -0.1) is 0 Å². The lowest BCUT2D eigenvalue weighted by Gasteiger charge is -2.29. The minimum atomic E-state index is -1.37. The number of aromatic nitrogens is 4. The summed E-state index contributed by atoms with van der Waals surface area (Å²) in [5.41, 5.74) is 2.88. The Hall–Kier alpha value is -2.55. The molecule has 3 aromatic rings. The van der Waals surface area contributed by atoms with Crippen LogP contribution in [0.2, 0.25) is 0 Å². The first-order valence-electron chi connectivity index (χ1n) is 13.9. The van der Waals surface area contributed by atoms with Crippen LogP contribution in [-0.2, 0) is 28.9 Å². The van der Waals surface area contributed by atoms with Crippen molar-refractivity contribution in [3.63, 3.8) is 0 Å². The average Bonchev–Trinajstić information content (AvgIpc) is 3.74. The highest BCUT2D eigenvalue weighted by molar-refractivity contribution is 7.45. The molecule has 5 heterocycles. The van der Waals surface area contributed by atoms with Crippen molar-refractivity contribution in [3.05, 3.63) is 54.2 Å². The molecule has 0 aliphatic carbocycles. The Morgan fingerprint density at radius 1 is 1.20 bits per heavy atom. The minimum absolute atomic E-state index is 0.00992. The Bertz CT molecular complexity index is 1350. The Morgan fingerprint density at radius 2 is 2.05 bits per heavy atom. The van der Waals surface area contributed by atoms with E-state index in [9.17, 15) is 0 Å². The molecular formula is C28H35N6O5P. The van der Waals surface area contributed by atoms with Gasteiger partial charge in [0.05, 0.1) is 43.3 Å². The van der Waals surface area contributed by atoms with Crippen LogP contribution in [-0.4, -0.2) is 68.5 Å². The molecule has 2 aromatic heterocycles. The first-order chi connectivity index (χ1) is 19.5. The Kier molecular flexibility index (Phi) is 8.11. The largest absolute Gasteiger partial charge is 0.354 e. The van der Waals surface area contributed by atoms with Crippen LogP contribution in [0.25, 0.3) is 11.2 Å². The Balaban J connectivity index is 1.29. The van der Waals surface area contributed by atoms with Crippen molar-refractivity contribution >= 4 is 19.7 Å². The number of fused-ring (bicyclic) bond motifs is 2. The van der Waals surface area contributed by atoms with Crippen LogP contribution in [0.4, 0.5) is 0 Å². The van der Waals surface area contributed by atoms with Gasteiger partial charge < -0.3 is 23.3 Å². The standard InChI is InChI=1S/C28H35N6O5P/c1-4-21-24(38-40-34-14-8-12-22(34)28(3,39-40)20-10-6-5-7-11-20)25(36-18-35-15-9-13-29)27(37-21)33-17-32-23-19(2)30-16-31-26(23)33/h5-7,10-11,16-17,21-22,24-25,27H,4,8-9,12,14-15,18H2,1-3H3/t21-,22-,24+,25?,27-,28+,40-/m1/s1. The summed E-state index contributed by atoms with van der Waals surface area (Å²) in [5.74, 6) is 0. The molecule has 0 bridgehead atoms. The smallest absolute Gasteiger partial charge is 0.260 e. The van der Waals surface area contributed by atoms with Gasteiger partial charge in [-0.1, -0.05) is 37.3 Å². The van der Waals surface area contributed by atoms with Crippen LogP contribution >= 0.6 is 8.53 Å². The zero-order valence-corrected chi connectivity index (χ0v) is 23.9. The summed E-state index contributed by atoms with van der Waals surface area (Å²) in [5, 5.41) is 8.88. The van der Waals surface area contributed by atoms with Gasteiger partial charge in [-0.3, -0.25) is 4.57 Å². The van der Waals surface area contributed by atoms with Crippen LogP contribution in [0, 0.1) is 18.3 Å². The van der Waals surface area contributed by atoms with Crippen molar-refractivity contribution in [1.82, 2.24) is 24.2 Å². The predicted molar refractivity (Wildman–Crippen MR) is 147 cm³/mol. The van der Waals surface area contributed by atoms with E-state index in [1.807, 2.05) is 17.6 Å². The molecule has 40 heavy (non-hydrogen) atoms. The van der Waals surface area contributed by atoms with E-state index in [2.05, 4.69) is 63.8 Å². The molecule has 0 spiro atoms. The summed E-state index contributed by atoms with van der Waals surface area (Å²) >= 11 is 0. The third-order valence-corrected chi connectivity index (χ3v) is 9.96. The number of hydrogen-bond donors (Lipinski definition) is 0. The summed E-state index contributed by atoms with van der Waals surface area (Å²) in [6.07, 6.45) is 4.71. The lowest BCUT2D eigenvalue weighted by atomic mass is 9.87. The van der Waals surface area contributed by atoms with E-state index in [4.69, 9.17) is 28.5 Å². The highest BCUT2D eigenvalue weighted by atomic mass is 31.2. The summed E-state index contributed by atoms with van der Waals surface area (Å²) in [6.45, 7) is 7.40. The molecule has 3 aliphatic heterocycles. The van der Waals surface area contributed by atoms with E-state index in [1.165, 1.54) is 6.33 Å². The van der Waals surface area contributed by atoms with Gasteiger partial charge in [-0.2, -0.15) is 5.26 Å². The van der Waals surface area contributed by atoms with E-state index < -0.39 is 32.6 Å². The van der Waals surface area contributed by atoms with Gasteiger partial charge in [-0.05, 0) is 38.7 Å². The van der Waals surface area contributed by atoms with E-state index in [0.29, 0.717) is 18.7 Å². The summed E-state index contributed by atoms with van der Waals surface area (Å²) in [4.78, 5) is 13.3. The number of benzene rings is 1. The number of ether oxygens (including phenoxy) is 3. The van der Waals surface area contributed by atoms with Crippen LogP contribution < -0.4 is 0 Å². The highest BCUT2D eigenvalue weighted by Crippen LogP contribution is 2.64. The molecule has 12 heteroatoms. The molecule has 0 amide bonds. The number of aryl methyl sites for hydroxylation is 1. The SMILES string of the molecule is CC[C@H]1O[C@@H](n2cnc3c(C)ncnc32)C(OCOCCC#N)[C@H]1O[P@]1O[C@@](C)(c2ccccc2)[C@H]2CCCN21. The molecular weight excluding hydrogens is 531 g/mol. The third kappa shape index (κ3) is 4.92. The predicted octanol–water partition coefficient (Wildman–Crippen LogP) is 4.74. The molecule has 212 valence electrons. The maximum absolute atomic E-state index is 8.88. The molecule has 1 unspecified atom stereocenters. The van der Waals surface area contributed by atoms with E-state index >= 15 is 0 Å². The van der Waals surface area contributed by atoms with Crippen molar-refractivity contribution in [2.24, 2.45) is 0 Å². The third-order valence-electron chi connectivity index (χ3n) is 8.10. The zero-order valence-electron chi connectivity index (χ0n) is 23.0. The van der Waals surface area contributed by atoms with Gasteiger partial charge >= 0.3 is 0 Å². The molecule has 1 aromatic carbocycles. The molecule has 3 aliphatic rings. The van der Waals surface area contributed by atoms with Crippen molar-refractivity contribution in [1.29, 1.82) is 5.26 Å². The monoisotopic (exact) mass is 566 g/mol. The van der Waals surface area contributed by atoms with Crippen molar-refractivity contribution in [2.45, 2.75) is 82.6 Å². The molecule has 0 saturated carbocycles. The molecule has 7 atom stereocenters. The van der Waals surface area contributed by atoms with Crippen LogP contribution in [0.15, 0.2) is 43.0 Å². The first kappa shape index (κ1) is 27.6. The fraction of sp³-hybridized carbons (Fsp3) is 0.571. The van der Waals surface area contributed by atoms with Gasteiger partial charge in [-0.25, -0.2) is 19.6 Å². The maximum atomic E-state index is 8.88. The zero-order chi connectivity index (χ0) is 27.7. The van der Waals surface area contributed by atoms with Crippen LogP contribution in [0.3, 0.4) is 0 Å². The summed E-state index contributed by atoms with van der Waals surface area (Å²) in [7, 11) is -1.37. The normalized spacial score (nSPS) is 32.0. The number of rotatable bonds is 10. The molecule has 3 fully saturated rings. The molecule has 0 radical (unpaired) electrons. The van der Waals surface area contributed by atoms with Crippen molar-refractivity contribution in [2.75, 3.05) is 19.9 Å². The average molecular weight is 567 g/mol. The topological polar surface area (TPSA) is 117 Å². The Morgan fingerprint density at radius 3 is 2.85 bits per heavy atom. The molecule has 6 rings (SSSR count). The number of hydrogen-bond acceptors (Lipinski definition) is 10. The molecule has 3 saturated heterocycles. The van der Waals surface area contributed by atoms with Gasteiger partial charge in [0.15, 0.2) is 11.9 Å². The number of nitrogens with zero attached hydrogens (tertiary/aromatic N) is 6. The molecule has 0 N–H and O–H groups in total. The second-order valence-corrected chi connectivity index (χ2v) is 11.9.